The molecule has 0 amide bonds. The van der Waals surface area contributed by atoms with E-state index >= 15 is 0 Å². The van der Waals surface area contributed by atoms with Gasteiger partial charge >= 0.3 is 0 Å². The second-order valence-electron chi connectivity index (χ2n) is 5.66. The average molecular weight is 397 g/mol. The number of aromatic nitrogens is 3. The van der Waals surface area contributed by atoms with Crippen molar-refractivity contribution in [1.29, 1.82) is 0 Å². The number of hydrogen-bond donors (Lipinski definition) is 2. The first-order valence-electron chi connectivity index (χ1n) is 7.57. The molecule has 0 spiro atoms. The fourth-order valence-corrected chi connectivity index (χ4v) is 3.19. The summed E-state index contributed by atoms with van der Waals surface area (Å²) in [6, 6.07) is 11.0. The number of fused-ring (bicyclic) bond motifs is 3. The summed E-state index contributed by atoms with van der Waals surface area (Å²) in [5.74, 6) is 0.0644. The lowest BCUT2D eigenvalue weighted by atomic mass is 10.1. The number of nitrogens with zero attached hydrogens (tertiary/aromatic N) is 3. The molecule has 0 aliphatic carbocycles. The minimum atomic E-state index is -0.300. The summed E-state index contributed by atoms with van der Waals surface area (Å²) in [4.78, 5) is 20.2. The van der Waals surface area contributed by atoms with Crippen LogP contribution < -0.4 is 5.56 Å². The summed E-state index contributed by atoms with van der Waals surface area (Å²) >= 11 is 3.25. The summed E-state index contributed by atoms with van der Waals surface area (Å²) < 4.78 is 1.70. The number of aromatic hydroxyl groups is 1. The van der Waals surface area contributed by atoms with Gasteiger partial charge in [-0.05, 0) is 46.6 Å². The van der Waals surface area contributed by atoms with E-state index in [-0.39, 0.29) is 11.3 Å². The van der Waals surface area contributed by atoms with E-state index in [4.69, 9.17) is 0 Å². The molecule has 2 N–H and O–H groups in total. The third-order valence-corrected chi connectivity index (χ3v) is 4.70. The standard InChI is InChI=1S/C18H13BrN4O2/c1-10-4-2-7-13-14(10)15-16(22-13)18(25)23(9-20-15)21-8-11-5-3-6-12(19)17(11)24/h2-9,22,24H,1H3/b21-8+. The fourth-order valence-electron chi connectivity index (χ4n) is 2.81. The van der Waals surface area contributed by atoms with Gasteiger partial charge in [0.15, 0.2) is 0 Å². The van der Waals surface area contributed by atoms with Crippen LogP contribution in [0.25, 0.3) is 21.9 Å². The molecule has 6 nitrogen and oxygen atoms in total. The van der Waals surface area contributed by atoms with Crippen molar-refractivity contribution in [1.82, 2.24) is 14.6 Å². The largest absolute Gasteiger partial charge is 0.506 e. The minimum absolute atomic E-state index is 0.0644. The number of hydrogen-bond acceptors (Lipinski definition) is 4. The van der Waals surface area contributed by atoms with Gasteiger partial charge in [-0.2, -0.15) is 9.78 Å². The normalized spacial score (nSPS) is 11.8. The zero-order valence-corrected chi connectivity index (χ0v) is 14.8. The number of H-pyrrole nitrogens is 1. The van der Waals surface area contributed by atoms with Crippen LogP contribution in [0.4, 0.5) is 0 Å². The maximum atomic E-state index is 12.7. The Bertz CT molecular complexity index is 1210. The monoisotopic (exact) mass is 396 g/mol. The van der Waals surface area contributed by atoms with E-state index in [2.05, 4.69) is 31.0 Å². The Morgan fingerprint density at radius 3 is 2.92 bits per heavy atom. The first-order valence-corrected chi connectivity index (χ1v) is 8.36. The fraction of sp³-hybridized carbons (Fsp3) is 0.0556. The zero-order chi connectivity index (χ0) is 17.6. The summed E-state index contributed by atoms with van der Waals surface area (Å²) in [7, 11) is 0. The smallest absolute Gasteiger partial charge is 0.298 e. The number of nitrogens with one attached hydrogen (secondary N) is 1. The summed E-state index contributed by atoms with van der Waals surface area (Å²) in [5, 5.41) is 15.1. The number of aryl methyl sites for hydroxylation is 1. The number of para-hydroxylation sites is 1. The second-order valence-corrected chi connectivity index (χ2v) is 6.52. The van der Waals surface area contributed by atoms with Gasteiger partial charge in [-0.25, -0.2) is 4.98 Å². The second kappa shape index (κ2) is 5.86. The number of benzene rings is 2. The summed E-state index contributed by atoms with van der Waals surface area (Å²) in [6.07, 6.45) is 2.80. The van der Waals surface area contributed by atoms with E-state index in [1.165, 1.54) is 12.5 Å². The van der Waals surface area contributed by atoms with Crippen molar-refractivity contribution < 1.29 is 5.11 Å². The lowest BCUT2D eigenvalue weighted by Gasteiger charge is -2.01. The Morgan fingerprint density at radius 1 is 1.28 bits per heavy atom. The Labute approximate surface area is 150 Å². The Kier molecular flexibility index (Phi) is 3.65. The highest BCUT2D eigenvalue weighted by Gasteiger charge is 2.12. The predicted octanol–water partition coefficient (Wildman–Crippen LogP) is 3.54. The molecule has 0 saturated heterocycles. The molecule has 0 bridgehead atoms. The lowest BCUT2D eigenvalue weighted by molar-refractivity contribution is 0.471. The van der Waals surface area contributed by atoms with Gasteiger partial charge in [0.1, 0.15) is 23.1 Å². The highest BCUT2D eigenvalue weighted by molar-refractivity contribution is 9.10. The number of phenolic OH excluding ortho intramolecular Hbond substituents is 1. The molecule has 4 rings (SSSR count). The molecule has 0 aliphatic rings. The third kappa shape index (κ3) is 2.53. The maximum absolute atomic E-state index is 12.7. The molecule has 2 aromatic carbocycles. The molecule has 0 radical (unpaired) electrons. The molecule has 25 heavy (non-hydrogen) atoms. The van der Waals surface area contributed by atoms with E-state index < -0.39 is 0 Å². The van der Waals surface area contributed by atoms with Crippen LogP contribution in [0, 0.1) is 6.92 Å². The molecular weight excluding hydrogens is 384 g/mol. The third-order valence-electron chi connectivity index (χ3n) is 4.06. The average Bonchev–Trinajstić information content (AvgIpc) is 2.98. The van der Waals surface area contributed by atoms with Gasteiger partial charge < -0.3 is 10.1 Å². The van der Waals surface area contributed by atoms with Gasteiger partial charge in [-0.15, -0.1) is 0 Å². The summed E-state index contributed by atoms with van der Waals surface area (Å²) in [5.41, 5.74) is 3.15. The number of halogens is 1. The molecule has 0 atom stereocenters. The highest BCUT2D eigenvalue weighted by atomic mass is 79.9. The Hall–Kier alpha value is -2.93. The van der Waals surface area contributed by atoms with Crippen molar-refractivity contribution in [2.75, 3.05) is 0 Å². The number of aromatic amines is 1. The Morgan fingerprint density at radius 2 is 2.08 bits per heavy atom. The van der Waals surface area contributed by atoms with Crippen LogP contribution in [-0.4, -0.2) is 26.0 Å². The van der Waals surface area contributed by atoms with E-state index in [1.54, 1.807) is 18.2 Å². The number of rotatable bonds is 2. The van der Waals surface area contributed by atoms with Crippen LogP contribution in [0.2, 0.25) is 0 Å². The van der Waals surface area contributed by atoms with Gasteiger partial charge in [-0.1, -0.05) is 18.2 Å². The molecule has 7 heteroatoms. The van der Waals surface area contributed by atoms with Crippen LogP contribution >= 0.6 is 15.9 Å². The van der Waals surface area contributed by atoms with Gasteiger partial charge in [-0.3, -0.25) is 4.79 Å². The summed E-state index contributed by atoms with van der Waals surface area (Å²) in [6.45, 7) is 1.98. The molecule has 124 valence electrons. The minimum Gasteiger partial charge on any atom is -0.506 e. The van der Waals surface area contributed by atoms with Crippen molar-refractivity contribution in [3.05, 3.63) is 68.7 Å². The molecule has 2 heterocycles. The van der Waals surface area contributed by atoms with Crippen molar-refractivity contribution in [2.24, 2.45) is 5.10 Å². The first-order chi connectivity index (χ1) is 12.1. The van der Waals surface area contributed by atoms with E-state index in [1.807, 2.05) is 25.1 Å². The van der Waals surface area contributed by atoms with Crippen molar-refractivity contribution in [2.45, 2.75) is 6.92 Å². The SMILES string of the molecule is Cc1cccc2[nH]c3c(=O)n(/N=C/c4cccc(Br)c4O)cnc3c12. The topological polar surface area (TPSA) is 83.3 Å². The van der Waals surface area contributed by atoms with Gasteiger partial charge in [0.2, 0.25) is 0 Å². The molecule has 4 aromatic rings. The van der Waals surface area contributed by atoms with Crippen molar-refractivity contribution >= 4 is 44.1 Å². The van der Waals surface area contributed by atoms with Crippen LogP contribution in [-0.2, 0) is 0 Å². The lowest BCUT2D eigenvalue weighted by Crippen LogP contribution is -2.17. The quantitative estimate of drug-likeness (QED) is 0.508. The molecular formula is C18H13BrN4O2. The van der Waals surface area contributed by atoms with E-state index in [0.29, 0.717) is 21.1 Å². The first kappa shape index (κ1) is 15.6. The molecule has 2 aromatic heterocycles. The van der Waals surface area contributed by atoms with Gasteiger partial charge in [0.25, 0.3) is 5.56 Å². The van der Waals surface area contributed by atoms with Crippen molar-refractivity contribution in [3.63, 3.8) is 0 Å². The van der Waals surface area contributed by atoms with E-state index in [9.17, 15) is 9.90 Å². The molecule has 0 aliphatic heterocycles. The van der Waals surface area contributed by atoms with Crippen LogP contribution in [0.5, 0.6) is 5.75 Å². The molecule has 0 fully saturated rings. The molecule has 0 unspecified atom stereocenters. The predicted molar refractivity (Wildman–Crippen MR) is 101 cm³/mol. The van der Waals surface area contributed by atoms with E-state index in [0.717, 1.165) is 21.1 Å². The molecule has 0 saturated carbocycles. The van der Waals surface area contributed by atoms with Crippen LogP contribution in [0.15, 0.2) is 57.1 Å². The van der Waals surface area contributed by atoms with Crippen LogP contribution in [0.3, 0.4) is 0 Å². The van der Waals surface area contributed by atoms with Crippen LogP contribution in [0.1, 0.15) is 11.1 Å². The van der Waals surface area contributed by atoms with Crippen molar-refractivity contribution in [3.8, 4) is 5.75 Å². The Balaban J connectivity index is 1.86. The van der Waals surface area contributed by atoms with Gasteiger partial charge in [0, 0.05) is 16.5 Å². The highest BCUT2D eigenvalue weighted by Crippen LogP contribution is 2.26. The maximum Gasteiger partial charge on any atom is 0.298 e. The number of phenols is 1. The van der Waals surface area contributed by atoms with Gasteiger partial charge in [0.05, 0.1) is 10.7 Å². The zero-order valence-electron chi connectivity index (χ0n) is 13.2.